The van der Waals surface area contributed by atoms with E-state index in [1.165, 1.54) is 14.0 Å². The van der Waals surface area contributed by atoms with E-state index in [4.69, 9.17) is 9.47 Å². The van der Waals surface area contributed by atoms with Gasteiger partial charge < -0.3 is 14.2 Å². The zero-order valence-electron chi connectivity index (χ0n) is 9.93. The molecule has 0 saturated heterocycles. The van der Waals surface area contributed by atoms with Crippen LogP contribution >= 0.6 is 0 Å². The molecule has 1 aromatic rings. The van der Waals surface area contributed by atoms with Crippen molar-refractivity contribution < 1.29 is 23.8 Å². The third-order valence-electron chi connectivity index (χ3n) is 1.93. The third kappa shape index (κ3) is 4.14. The van der Waals surface area contributed by atoms with Gasteiger partial charge in [-0.3, -0.25) is 4.79 Å². The van der Waals surface area contributed by atoms with E-state index in [0.717, 1.165) is 0 Å². The minimum absolute atomic E-state index is 0.387. The van der Waals surface area contributed by atoms with Gasteiger partial charge in [-0.1, -0.05) is 0 Å². The van der Waals surface area contributed by atoms with Crippen molar-refractivity contribution in [3.63, 3.8) is 0 Å². The maximum Gasteiger partial charge on any atom is 0.346 e. The summed E-state index contributed by atoms with van der Waals surface area (Å²) in [6, 6.07) is 6.39. The van der Waals surface area contributed by atoms with Gasteiger partial charge in [-0.05, 0) is 31.2 Å². The van der Waals surface area contributed by atoms with Crippen LogP contribution in [-0.2, 0) is 14.3 Å². The van der Waals surface area contributed by atoms with Crippen LogP contribution in [0.25, 0.3) is 0 Å². The highest BCUT2D eigenvalue weighted by Crippen LogP contribution is 2.18. The molecule has 5 nitrogen and oxygen atoms in total. The molecule has 5 heteroatoms. The Labute approximate surface area is 99.3 Å². The number of hydrogen-bond donors (Lipinski definition) is 0. The van der Waals surface area contributed by atoms with Gasteiger partial charge in [0.15, 0.2) is 6.10 Å². The molecule has 0 N–H and O–H groups in total. The van der Waals surface area contributed by atoms with Crippen LogP contribution in [0.1, 0.15) is 13.8 Å². The maximum atomic E-state index is 11.1. The largest absolute Gasteiger partial charge is 0.479 e. The van der Waals surface area contributed by atoms with Crippen molar-refractivity contribution in [2.75, 3.05) is 7.11 Å². The average molecular weight is 238 g/mol. The Morgan fingerprint density at radius 2 is 1.65 bits per heavy atom. The van der Waals surface area contributed by atoms with Crippen LogP contribution in [-0.4, -0.2) is 25.2 Å². The lowest BCUT2D eigenvalue weighted by Gasteiger charge is -2.12. The fraction of sp³-hybridized carbons (Fsp3) is 0.333. The second-order valence-electron chi connectivity index (χ2n) is 3.35. The Kier molecular flexibility index (Phi) is 4.51. The van der Waals surface area contributed by atoms with Crippen LogP contribution in [0.5, 0.6) is 11.5 Å². The number of hydrogen-bond acceptors (Lipinski definition) is 5. The molecular formula is C12H14O5. The number of ether oxygens (including phenoxy) is 3. The van der Waals surface area contributed by atoms with Crippen LogP contribution in [0.15, 0.2) is 24.3 Å². The summed E-state index contributed by atoms with van der Waals surface area (Å²) in [6.45, 7) is 2.91. The Morgan fingerprint density at radius 1 is 1.12 bits per heavy atom. The molecule has 0 aliphatic carbocycles. The van der Waals surface area contributed by atoms with Gasteiger partial charge in [-0.15, -0.1) is 0 Å². The van der Waals surface area contributed by atoms with Crippen LogP contribution in [0.4, 0.5) is 0 Å². The van der Waals surface area contributed by atoms with Crippen LogP contribution in [0, 0.1) is 0 Å². The highest BCUT2D eigenvalue weighted by Gasteiger charge is 2.14. The lowest BCUT2D eigenvalue weighted by molar-refractivity contribution is -0.147. The van der Waals surface area contributed by atoms with Gasteiger partial charge in [-0.2, -0.15) is 0 Å². The van der Waals surface area contributed by atoms with Crippen LogP contribution in [0.2, 0.25) is 0 Å². The Morgan fingerprint density at radius 3 is 2.12 bits per heavy atom. The van der Waals surface area contributed by atoms with Gasteiger partial charge in [0.1, 0.15) is 11.5 Å². The van der Waals surface area contributed by atoms with E-state index in [9.17, 15) is 9.59 Å². The first-order chi connectivity index (χ1) is 8.02. The number of rotatable bonds is 4. The van der Waals surface area contributed by atoms with Crippen molar-refractivity contribution >= 4 is 11.9 Å². The summed E-state index contributed by atoms with van der Waals surface area (Å²) in [5.41, 5.74) is 0. The van der Waals surface area contributed by atoms with Crippen molar-refractivity contribution in [3.05, 3.63) is 24.3 Å². The minimum atomic E-state index is -0.681. The molecule has 0 heterocycles. The van der Waals surface area contributed by atoms with E-state index in [2.05, 4.69) is 4.74 Å². The smallest absolute Gasteiger partial charge is 0.346 e. The molecule has 0 saturated carbocycles. The second kappa shape index (κ2) is 5.89. The SMILES string of the molecule is COC(=O)[C@@H](C)Oc1ccc(OC(C)=O)cc1. The summed E-state index contributed by atoms with van der Waals surface area (Å²) in [7, 11) is 1.30. The van der Waals surface area contributed by atoms with E-state index >= 15 is 0 Å². The monoisotopic (exact) mass is 238 g/mol. The number of carbonyl (C=O) groups excluding carboxylic acids is 2. The third-order valence-corrected chi connectivity index (χ3v) is 1.93. The summed E-state index contributed by atoms with van der Waals surface area (Å²) >= 11 is 0. The zero-order chi connectivity index (χ0) is 12.8. The number of benzene rings is 1. The summed E-state index contributed by atoms with van der Waals surface area (Å²) in [6.07, 6.45) is -0.681. The predicted molar refractivity (Wildman–Crippen MR) is 59.9 cm³/mol. The summed E-state index contributed by atoms with van der Waals surface area (Å²) in [5.74, 6) is 0.0880. The second-order valence-corrected chi connectivity index (χ2v) is 3.35. The van der Waals surface area contributed by atoms with Crippen LogP contribution in [0.3, 0.4) is 0 Å². The zero-order valence-corrected chi connectivity index (χ0v) is 9.93. The highest BCUT2D eigenvalue weighted by molar-refractivity contribution is 5.74. The standard InChI is InChI=1S/C12H14O5/c1-8(12(14)15-3)16-10-4-6-11(7-5-10)17-9(2)13/h4-8H,1-3H3/t8-/m1/s1. The predicted octanol–water partition coefficient (Wildman–Crippen LogP) is 1.55. The van der Waals surface area contributed by atoms with Gasteiger partial charge >= 0.3 is 11.9 Å². The first kappa shape index (κ1) is 13.0. The highest BCUT2D eigenvalue weighted by atomic mass is 16.6. The molecule has 0 fully saturated rings. The molecule has 0 bridgehead atoms. The topological polar surface area (TPSA) is 61.8 Å². The maximum absolute atomic E-state index is 11.1. The van der Waals surface area contributed by atoms with E-state index < -0.39 is 12.1 Å². The van der Waals surface area contributed by atoms with Crippen LogP contribution < -0.4 is 9.47 Å². The van der Waals surface area contributed by atoms with Gasteiger partial charge in [0.2, 0.25) is 0 Å². The van der Waals surface area contributed by atoms with E-state index in [1.54, 1.807) is 31.2 Å². The molecule has 0 radical (unpaired) electrons. The van der Waals surface area contributed by atoms with Crippen molar-refractivity contribution in [1.29, 1.82) is 0 Å². The normalized spacial score (nSPS) is 11.5. The van der Waals surface area contributed by atoms with Gasteiger partial charge in [-0.25, -0.2) is 4.79 Å². The first-order valence-electron chi connectivity index (χ1n) is 5.06. The number of methoxy groups -OCH3 is 1. The van der Waals surface area contributed by atoms with E-state index in [0.29, 0.717) is 11.5 Å². The molecule has 1 rings (SSSR count). The fourth-order valence-electron chi connectivity index (χ4n) is 1.17. The van der Waals surface area contributed by atoms with E-state index in [1.807, 2.05) is 0 Å². The molecule has 0 aliphatic heterocycles. The molecule has 0 aromatic heterocycles. The Balaban J connectivity index is 2.62. The van der Waals surface area contributed by atoms with Crippen molar-refractivity contribution in [2.24, 2.45) is 0 Å². The molecule has 0 unspecified atom stereocenters. The summed E-state index contributed by atoms with van der Waals surface area (Å²) in [5, 5.41) is 0. The fourth-order valence-corrected chi connectivity index (χ4v) is 1.17. The Hall–Kier alpha value is -2.04. The first-order valence-corrected chi connectivity index (χ1v) is 5.06. The minimum Gasteiger partial charge on any atom is -0.479 e. The van der Waals surface area contributed by atoms with Gasteiger partial charge in [0.05, 0.1) is 7.11 Å². The van der Waals surface area contributed by atoms with Crippen molar-refractivity contribution in [1.82, 2.24) is 0 Å². The average Bonchev–Trinajstić information content (AvgIpc) is 2.30. The lowest BCUT2D eigenvalue weighted by atomic mass is 10.3. The lowest BCUT2D eigenvalue weighted by Crippen LogP contribution is -2.24. The van der Waals surface area contributed by atoms with Gasteiger partial charge in [0.25, 0.3) is 0 Å². The van der Waals surface area contributed by atoms with Gasteiger partial charge in [0, 0.05) is 6.92 Å². The molecule has 17 heavy (non-hydrogen) atoms. The molecule has 0 spiro atoms. The molecule has 0 aliphatic rings. The van der Waals surface area contributed by atoms with Crippen molar-refractivity contribution in [3.8, 4) is 11.5 Å². The van der Waals surface area contributed by atoms with Crippen molar-refractivity contribution in [2.45, 2.75) is 20.0 Å². The summed E-state index contributed by atoms with van der Waals surface area (Å²) < 4.78 is 14.7. The molecule has 92 valence electrons. The summed E-state index contributed by atoms with van der Waals surface area (Å²) in [4.78, 5) is 21.8. The number of esters is 2. The molecule has 0 amide bonds. The molecule has 1 atom stereocenters. The molecule has 1 aromatic carbocycles. The Bertz CT molecular complexity index is 396. The van der Waals surface area contributed by atoms with E-state index in [-0.39, 0.29) is 5.97 Å². The quantitative estimate of drug-likeness (QED) is 0.588. The molecular weight excluding hydrogens is 224 g/mol. The number of carbonyl (C=O) groups is 2.